The molecule has 1 rings (SSSR count). The van der Waals surface area contributed by atoms with E-state index in [0.717, 1.165) is 6.08 Å². The van der Waals surface area contributed by atoms with Crippen molar-refractivity contribution in [3.8, 4) is 0 Å². The van der Waals surface area contributed by atoms with E-state index in [2.05, 4.69) is 6.58 Å². The van der Waals surface area contributed by atoms with E-state index in [4.69, 9.17) is 14.5 Å². The van der Waals surface area contributed by atoms with E-state index < -0.39 is 19.2 Å². The monoisotopic (exact) mass is 234 g/mol. The summed E-state index contributed by atoms with van der Waals surface area (Å²) >= 11 is 0. The molecule has 0 heterocycles. The molecule has 1 aliphatic rings. The first-order valence-electron chi connectivity index (χ1n) is 4.81. The molecule has 15 heavy (non-hydrogen) atoms. The lowest BCUT2D eigenvalue weighted by Gasteiger charge is -2.28. The van der Waals surface area contributed by atoms with Crippen LogP contribution in [0.25, 0.3) is 0 Å². The Morgan fingerprint density at radius 2 is 1.87 bits per heavy atom. The predicted octanol–water partition coefficient (Wildman–Crippen LogP) is 1.20. The molecule has 6 heteroatoms. The molecule has 0 aliphatic heterocycles. The molecule has 1 aliphatic carbocycles. The first kappa shape index (κ1) is 12.4. The van der Waals surface area contributed by atoms with Crippen molar-refractivity contribution in [2.45, 2.75) is 37.4 Å². The Hall–Kier alpha value is -0.640. The molecular weight excluding hydrogens is 219 g/mol. The van der Waals surface area contributed by atoms with Gasteiger partial charge in [0.1, 0.15) is 6.10 Å². The van der Waals surface area contributed by atoms with Crippen molar-refractivity contribution >= 4 is 13.6 Å². The third-order valence-electron chi connectivity index (χ3n) is 2.57. The van der Waals surface area contributed by atoms with Gasteiger partial charge in [0.15, 0.2) is 0 Å². The predicted molar refractivity (Wildman–Crippen MR) is 54.4 cm³/mol. The lowest BCUT2D eigenvalue weighted by molar-refractivity contribution is -0.144. The minimum atomic E-state index is -3.97. The minimum absolute atomic E-state index is 0.224. The quantitative estimate of drug-likeness (QED) is 0.435. The fourth-order valence-electron chi connectivity index (χ4n) is 1.71. The zero-order valence-corrected chi connectivity index (χ0v) is 9.23. The molecular formula is C9H15O5P. The molecule has 0 aromatic carbocycles. The van der Waals surface area contributed by atoms with Crippen LogP contribution in [-0.2, 0) is 14.1 Å². The van der Waals surface area contributed by atoms with Crippen molar-refractivity contribution in [3.63, 3.8) is 0 Å². The van der Waals surface area contributed by atoms with E-state index in [9.17, 15) is 9.36 Å². The van der Waals surface area contributed by atoms with Crippen LogP contribution in [0.5, 0.6) is 0 Å². The molecule has 86 valence electrons. The van der Waals surface area contributed by atoms with Crippen molar-refractivity contribution in [1.82, 2.24) is 0 Å². The summed E-state index contributed by atoms with van der Waals surface area (Å²) in [4.78, 5) is 28.8. The van der Waals surface area contributed by atoms with Crippen LogP contribution in [0.15, 0.2) is 12.7 Å². The number of esters is 1. The first-order chi connectivity index (χ1) is 6.93. The summed E-state index contributed by atoms with van der Waals surface area (Å²) in [5, 5.41) is 0. The summed E-state index contributed by atoms with van der Waals surface area (Å²) in [6.45, 7) is 3.28. The Morgan fingerprint density at radius 3 is 2.27 bits per heavy atom. The molecule has 0 atom stereocenters. The Balaban J connectivity index is 2.39. The van der Waals surface area contributed by atoms with E-state index >= 15 is 0 Å². The van der Waals surface area contributed by atoms with Gasteiger partial charge in [-0.15, -0.1) is 0 Å². The van der Waals surface area contributed by atoms with Crippen molar-refractivity contribution < 1.29 is 23.9 Å². The molecule has 5 nitrogen and oxygen atoms in total. The first-order valence-corrected chi connectivity index (χ1v) is 6.50. The molecule has 0 radical (unpaired) electrons. The van der Waals surface area contributed by atoms with Gasteiger partial charge < -0.3 is 14.5 Å². The van der Waals surface area contributed by atoms with E-state index in [1.165, 1.54) is 0 Å². The maximum atomic E-state index is 10.9. The van der Waals surface area contributed by atoms with E-state index in [1.807, 2.05) is 0 Å². The highest BCUT2D eigenvalue weighted by Gasteiger charge is 2.33. The van der Waals surface area contributed by atoms with Crippen LogP contribution in [0.2, 0.25) is 0 Å². The summed E-state index contributed by atoms with van der Waals surface area (Å²) in [5.41, 5.74) is -0.573. The van der Waals surface area contributed by atoms with Crippen molar-refractivity contribution in [3.05, 3.63) is 12.7 Å². The van der Waals surface area contributed by atoms with Gasteiger partial charge >= 0.3 is 13.6 Å². The summed E-state index contributed by atoms with van der Waals surface area (Å²) in [6.07, 6.45) is 2.69. The molecule has 1 saturated carbocycles. The number of carbonyl (C=O) groups excluding carboxylic acids is 1. The highest BCUT2D eigenvalue weighted by atomic mass is 31.2. The lowest BCUT2D eigenvalue weighted by Crippen LogP contribution is -2.26. The van der Waals surface area contributed by atoms with Crippen LogP contribution in [0.3, 0.4) is 0 Å². The average Bonchev–Trinajstić information content (AvgIpc) is 2.17. The topological polar surface area (TPSA) is 83.8 Å². The van der Waals surface area contributed by atoms with Crippen LogP contribution in [-0.4, -0.2) is 27.5 Å². The van der Waals surface area contributed by atoms with E-state index in [0.29, 0.717) is 25.7 Å². The molecule has 0 spiro atoms. The van der Waals surface area contributed by atoms with Crippen LogP contribution < -0.4 is 0 Å². The van der Waals surface area contributed by atoms with Crippen LogP contribution in [0.1, 0.15) is 25.7 Å². The van der Waals surface area contributed by atoms with Gasteiger partial charge in [-0.1, -0.05) is 6.58 Å². The Bertz CT molecular complexity index is 287. The van der Waals surface area contributed by atoms with Crippen molar-refractivity contribution in [1.29, 1.82) is 0 Å². The standard InChI is InChI=1S/C9H15O5P/c1-2-9(10)14-7-3-5-8(6-4-7)15(11,12)13/h2,7-8H,1,3-6H2,(H2,11,12,13). The third kappa shape index (κ3) is 3.78. The smallest absolute Gasteiger partial charge is 0.330 e. The number of rotatable bonds is 3. The van der Waals surface area contributed by atoms with Gasteiger partial charge in [0.2, 0.25) is 0 Å². The Morgan fingerprint density at radius 1 is 1.33 bits per heavy atom. The van der Waals surface area contributed by atoms with Gasteiger partial charge in [0, 0.05) is 6.08 Å². The molecule has 1 fully saturated rings. The normalized spacial score (nSPS) is 27.1. The highest BCUT2D eigenvalue weighted by molar-refractivity contribution is 7.52. The maximum absolute atomic E-state index is 10.9. The van der Waals surface area contributed by atoms with Gasteiger partial charge in [0.25, 0.3) is 0 Å². The van der Waals surface area contributed by atoms with Gasteiger partial charge in [0.05, 0.1) is 5.66 Å². The minimum Gasteiger partial charge on any atom is -0.459 e. The zero-order chi connectivity index (χ0) is 11.5. The maximum Gasteiger partial charge on any atom is 0.330 e. The van der Waals surface area contributed by atoms with Gasteiger partial charge in [-0.25, -0.2) is 4.79 Å². The molecule has 0 aromatic rings. The SMILES string of the molecule is C=CC(=O)OC1CCC(P(=O)(O)O)CC1. The largest absolute Gasteiger partial charge is 0.459 e. The number of hydrogen-bond acceptors (Lipinski definition) is 3. The second-order valence-electron chi connectivity index (χ2n) is 3.66. The molecule has 0 saturated heterocycles. The fraction of sp³-hybridized carbons (Fsp3) is 0.667. The Labute approximate surface area is 88.3 Å². The van der Waals surface area contributed by atoms with Crippen LogP contribution in [0.4, 0.5) is 0 Å². The van der Waals surface area contributed by atoms with Gasteiger partial charge in [-0.2, -0.15) is 0 Å². The molecule has 0 unspecified atom stereocenters. The summed E-state index contributed by atoms with van der Waals surface area (Å²) in [5.74, 6) is -0.477. The number of carbonyl (C=O) groups is 1. The second-order valence-corrected chi connectivity index (χ2v) is 5.57. The van der Waals surface area contributed by atoms with E-state index in [-0.39, 0.29) is 6.10 Å². The molecule has 2 N–H and O–H groups in total. The molecule has 0 aromatic heterocycles. The summed E-state index contributed by atoms with van der Waals surface area (Å²) in [7, 11) is -3.97. The van der Waals surface area contributed by atoms with Gasteiger partial charge in [-0.05, 0) is 25.7 Å². The fourth-order valence-corrected chi connectivity index (χ4v) is 2.68. The number of ether oxygens (including phenoxy) is 1. The van der Waals surface area contributed by atoms with Crippen molar-refractivity contribution in [2.24, 2.45) is 0 Å². The lowest BCUT2D eigenvalue weighted by atomic mass is 9.97. The summed E-state index contributed by atoms with van der Waals surface area (Å²) < 4.78 is 15.9. The molecule has 0 bridgehead atoms. The third-order valence-corrected chi connectivity index (χ3v) is 4.04. The summed E-state index contributed by atoms with van der Waals surface area (Å²) in [6, 6.07) is 0. The number of hydrogen-bond donors (Lipinski definition) is 2. The second kappa shape index (κ2) is 4.92. The zero-order valence-electron chi connectivity index (χ0n) is 8.33. The van der Waals surface area contributed by atoms with Crippen molar-refractivity contribution in [2.75, 3.05) is 0 Å². The highest BCUT2D eigenvalue weighted by Crippen LogP contribution is 2.48. The van der Waals surface area contributed by atoms with Crippen LogP contribution >= 0.6 is 7.60 Å². The average molecular weight is 234 g/mol. The Kier molecular flexibility index (Phi) is 4.08. The van der Waals surface area contributed by atoms with E-state index in [1.54, 1.807) is 0 Å². The van der Waals surface area contributed by atoms with Gasteiger partial charge in [-0.3, -0.25) is 4.57 Å². The van der Waals surface area contributed by atoms with Crippen LogP contribution in [0, 0.1) is 0 Å². The molecule has 0 amide bonds.